The maximum Gasteiger partial charge on any atom is 0.304 e. The zero-order valence-corrected chi connectivity index (χ0v) is 11.8. The Morgan fingerprint density at radius 2 is 2.05 bits per heavy atom. The molecule has 106 valence electrons. The number of hydrogen-bond acceptors (Lipinski definition) is 4. The fourth-order valence-electron chi connectivity index (χ4n) is 2.34. The van der Waals surface area contributed by atoms with Gasteiger partial charge in [-0.05, 0) is 18.2 Å². The van der Waals surface area contributed by atoms with Crippen LogP contribution < -0.4 is 4.90 Å². The lowest BCUT2D eigenvalue weighted by Gasteiger charge is -2.36. The molecule has 0 radical (unpaired) electrons. The van der Waals surface area contributed by atoms with Crippen LogP contribution in [0.25, 0.3) is 0 Å². The molecule has 1 fully saturated rings. The first-order chi connectivity index (χ1) is 9.60. The second kappa shape index (κ2) is 6.60. The summed E-state index contributed by atoms with van der Waals surface area (Å²) in [6.45, 7) is 3.77. The van der Waals surface area contributed by atoms with Gasteiger partial charge in [-0.15, -0.1) is 0 Å². The van der Waals surface area contributed by atoms with E-state index in [1.54, 1.807) is 12.1 Å². The highest BCUT2D eigenvalue weighted by Crippen LogP contribution is 2.24. The summed E-state index contributed by atoms with van der Waals surface area (Å²) in [6, 6.07) is 7.50. The van der Waals surface area contributed by atoms with Crippen LogP contribution in [0.2, 0.25) is 5.02 Å². The lowest BCUT2D eigenvalue weighted by molar-refractivity contribution is -0.137. The van der Waals surface area contributed by atoms with Crippen molar-refractivity contribution in [2.45, 2.75) is 6.42 Å². The number of nitriles is 1. The van der Waals surface area contributed by atoms with E-state index in [0.29, 0.717) is 17.1 Å². The third kappa shape index (κ3) is 3.62. The number of carbonyl (C=O) groups is 1. The van der Waals surface area contributed by atoms with Gasteiger partial charge in [0.2, 0.25) is 0 Å². The topological polar surface area (TPSA) is 67.6 Å². The van der Waals surface area contributed by atoms with Crippen LogP contribution in [-0.4, -0.2) is 48.7 Å². The summed E-state index contributed by atoms with van der Waals surface area (Å²) in [4.78, 5) is 14.8. The summed E-state index contributed by atoms with van der Waals surface area (Å²) in [5, 5.41) is 18.4. The van der Waals surface area contributed by atoms with E-state index in [1.807, 2.05) is 6.07 Å². The molecule has 1 saturated heterocycles. The Hall–Kier alpha value is -1.77. The molecule has 1 aromatic rings. The molecule has 1 aromatic carbocycles. The molecule has 0 amide bonds. The molecule has 0 unspecified atom stereocenters. The van der Waals surface area contributed by atoms with Gasteiger partial charge in [-0.1, -0.05) is 11.6 Å². The Labute approximate surface area is 123 Å². The Balaban J connectivity index is 1.97. The lowest BCUT2D eigenvalue weighted by atomic mass is 10.1. The molecule has 1 N–H and O–H groups in total. The number of carboxylic acid groups (broad SMARTS) is 1. The van der Waals surface area contributed by atoms with Crippen molar-refractivity contribution in [3.05, 3.63) is 28.8 Å². The van der Waals surface area contributed by atoms with Crippen LogP contribution in [0.15, 0.2) is 18.2 Å². The third-order valence-corrected chi connectivity index (χ3v) is 3.67. The zero-order valence-electron chi connectivity index (χ0n) is 11.0. The molecule has 20 heavy (non-hydrogen) atoms. The van der Waals surface area contributed by atoms with Crippen molar-refractivity contribution in [1.82, 2.24) is 4.90 Å². The first-order valence-electron chi connectivity index (χ1n) is 6.49. The summed E-state index contributed by atoms with van der Waals surface area (Å²) in [7, 11) is 0. The normalized spacial score (nSPS) is 15.9. The Bertz CT molecular complexity index is 534. The minimum Gasteiger partial charge on any atom is -0.481 e. The predicted octanol–water partition coefficient (Wildman–Crippen LogP) is 1.81. The lowest BCUT2D eigenvalue weighted by Crippen LogP contribution is -2.47. The predicted molar refractivity (Wildman–Crippen MR) is 77.1 cm³/mol. The summed E-state index contributed by atoms with van der Waals surface area (Å²) in [6.07, 6.45) is 0.171. The summed E-state index contributed by atoms with van der Waals surface area (Å²) in [5.41, 5.74) is 1.48. The van der Waals surface area contributed by atoms with Gasteiger partial charge in [-0.25, -0.2) is 0 Å². The molecular formula is C14H16ClN3O2. The summed E-state index contributed by atoms with van der Waals surface area (Å²) < 4.78 is 0. The standard InChI is InChI=1S/C14H16ClN3O2/c15-12-1-2-13(11(9-12)10-16)18-7-5-17(6-8-18)4-3-14(19)20/h1-2,9H,3-8H2,(H,19,20). The van der Waals surface area contributed by atoms with Gasteiger partial charge in [-0.2, -0.15) is 5.26 Å². The number of piperazine rings is 1. The number of nitrogens with zero attached hydrogens (tertiary/aromatic N) is 3. The van der Waals surface area contributed by atoms with E-state index in [2.05, 4.69) is 15.9 Å². The van der Waals surface area contributed by atoms with Gasteiger partial charge in [0.25, 0.3) is 0 Å². The van der Waals surface area contributed by atoms with Crippen LogP contribution >= 0.6 is 11.6 Å². The SMILES string of the molecule is N#Cc1cc(Cl)ccc1N1CCN(CCC(=O)O)CC1. The smallest absolute Gasteiger partial charge is 0.304 e. The molecule has 0 aliphatic carbocycles. The van der Waals surface area contributed by atoms with Crippen LogP contribution in [0.5, 0.6) is 0 Å². The largest absolute Gasteiger partial charge is 0.481 e. The van der Waals surface area contributed by atoms with Gasteiger partial charge in [0.1, 0.15) is 6.07 Å². The van der Waals surface area contributed by atoms with Crippen molar-refractivity contribution < 1.29 is 9.90 Å². The summed E-state index contributed by atoms with van der Waals surface area (Å²) in [5.74, 6) is -0.767. The first-order valence-corrected chi connectivity index (χ1v) is 6.86. The van der Waals surface area contributed by atoms with Crippen LogP contribution in [0.3, 0.4) is 0 Å². The van der Waals surface area contributed by atoms with Crippen LogP contribution in [0.4, 0.5) is 5.69 Å². The molecule has 2 rings (SSSR count). The molecule has 0 bridgehead atoms. The minimum absolute atomic E-state index is 0.171. The van der Waals surface area contributed by atoms with Crippen molar-refractivity contribution >= 4 is 23.3 Å². The van der Waals surface area contributed by atoms with E-state index in [4.69, 9.17) is 22.0 Å². The number of benzene rings is 1. The van der Waals surface area contributed by atoms with Gasteiger partial charge in [0, 0.05) is 37.7 Å². The Kier molecular flexibility index (Phi) is 4.83. The van der Waals surface area contributed by atoms with Gasteiger partial charge in [0.15, 0.2) is 0 Å². The van der Waals surface area contributed by atoms with E-state index in [9.17, 15) is 4.79 Å². The quantitative estimate of drug-likeness (QED) is 0.917. The number of rotatable bonds is 4. The number of anilines is 1. The van der Waals surface area contributed by atoms with Crippen molar-refractivity contribution in [1.29, 1.82) is 5.26 Å². The molecular weight excluding hydrogens is 278 g/mol. The number of hydrogen-bond donors (Lipinski definition) is 1. The summed E-state index contributed by atoms with van der Waals surface area (Å²) >= 11 is 5.90. The van der Waals surface area contributed by atoms with Gasteiger partial charge in [0.05, 0.1) is 17.7 Å². The zero-order chi connectivity index (χ0) is 14.5. The molecule has 0 spiro atoms. The van der Waals surface area contributed by atoms with E-state index in [0.717, 1.165) is 31.9 Å². The second-order valence-electron chi connectivity index (χ2n) is 4.75. The molecule has 5 nitrogen and oxygen atoms in total. The van der Waals surface area contributed by atoms with Crippen molar-refractivity contribution in [2.75, 3.05) is 37.6 Å². The average Bonchev–Trinajstić information content (AvgIpc) is 2.45. The molecule has 1 aliphatic heterocycles. The molecule has 1 heterocycles. The van der Waals surface area contributed by atoms with Crippen molar-refractivity contribution in [2.24, 2.45) is 0 Å². The fraction of sp³-hybridized carbons (Fsp3) is 0.429. The van der Waals surface area contributed by atoms with Crippen LogP contribution in [0.1, 0.15) is 12.0 Å². The van der Waals surface area contributed by atoms with E-state index >= 15 is 0 Å². The number of halogens is 1. The molecule has 6 heteroatoms. The molecule has 0 saturated carbocycles. The second-order valence-corrected chi connectivity index (χ2v) is 5.18. The average molecular weight is 294 g/mol. The van der Waals surface area contributed by atoms with Crippen molar-refractivity contribution in [3.63, 3.8) is 0 Å². The minimum atomic E-state index is -0.767. The van der Waals surface area contributed by atoms with Gasteiger partial charge < -0.3 is 10.0 Å². The van der Waals surface area contributed by atoms with Gasteiger partial charge >= 0.3 is 5.97 Å². The molecule has 0 atom stereocenters. The number of aliphatic carboxylic acids is 1. The fourth-order valence-corrected chi connectivity index (χ4v) is 2.51. The van der Waals surface area contributed by atoms with E-state index in [-0.39, 0.29) is 6.42 Å². The maximum absolute atomic E-state index is 10.6. The molecule has 1 aliphatic rings. The number of carboxylic acids is 1. The Morgan fingerprint density at radius 1 is 1.35 bits per heavy atom. The highest BCUT2D eigenvalue weighted by atomic mass is 35.5. The molecule has 0 aromatic heterocycles. The van der Waals surface area contributed by atoms with E-state index in [1.165, 1.54) is 0 Å². The van der Waals surface area contributed by atoms with E-state index < -0.39 is 5.97 Å². The first kappa shape index (κ1) is 14.6. The van der Waals surface area contributed by atoms with Crippen LogP contribution in [-0.2, 0) is 4.79 Å². The maximum atomic E-state index is 10.6. The van der Waals surface area contributed by atoms with Gasteiger partial charge in [-0.3, -0.25) is 9.69 Å². The third-order valence-electron chi connectivity index (χ3n) is 3.43. The Morgan fingerprint density at radius 3 is 2.65 bits per heavy atom. The van der Waals surface area contributed by atoms with Crippen molar-refractivity contribution in [3.8, 4) is 6.07 Å². The van der Waals surface area contributed by atoms with Crippen LogP contribution in [0, 0.1) is 11.3 Å². The monoisotopic (exact) mass is 293 g/mol. The highest BCUT2D eigenvalue weighted by Gasteiger charge is 2.19. The highest BCUT2D eigenvalue weighted by molar-refractivity contribution is 6.30.